The molecule has 1 aromatic carbocycles. The zero-order valence-corrected chi connectivity index (χ0v) is 7.20. The first-order valence-electron chi connectivity index (χ1n) is 4.09. The van der Waals surface area contributed by atoms with E-state index in [9.17, 15) is 0 Å². The van der Waals surface area contributed by atoms with Gasteiger partial charge in [0.05, 0.1) is 6.54 Å². The fraction of sp³-hybridized carbons (Fsp3) is 0.0909. The number of fused-ring (bicyclic) bond motifs is 1. The summed E-state index contributed by atoms with van der Waals surface area (Å²) in [5, 5.41) is 1.13. The van der Waals surface area contributed by atoms with E-state index in [4.69, 9.17) is 12.2 Å². The van der Waals surface area contributed by atoms with Crippen LogP contribution in [-0.2, 0) is 6.54 Å². The van der Waals surface area contributed by atoms with Crippen LogP contribution in [0.5, 0.6) is 0 Å². The predicted octanol–water partition coefficient (Wildman–Crippen LogP) is 1.86. The highest BCUT2D eigenvalue weighted by Crippen LogP contribution is 2.18. The molecule has 64 valence electrons. The van der Waals surface area contributed by atoms with E-state index in [0.29, 0.717) is 6.54 Å². The number of nitrogen functional groups attached to an aromatic ring is 1. The number of nitrogens with two attached hydrogens (primary N) is 1. The van der Waals surface area contributed by atoms with Crippen LogP contribution in [0.15, 0.2) is 30.5 Å². The fourth-order valence-electron chi connectivity index (χ4n) is 1.45. The second-order valence-electron chi connectivity index (χ2n) is 2.97. The highest BCUT2D eigenvalue weighted by molar-refractivity contribution is 5.83. The van der Waals surface area contributed by atoms with Crippen molar-refractivity contribution in [3.63, 3.8) is 0 Å². The number of rotatable bonds is 1. The lowest BCUT2D eigenvalue weighted by Crippen LogP contribution is -1.92. The Balaban J connectivity index is 2.63. The number of anilines is 1. The number of aromatic nitrogens is 1. The van der Waals surface area contributed by atoms with E-state index in [2.05, 4.69) is 5.92 Å². The maximum Gasteiger partial charge on any atom is 0.0834 e. The van der Waals surface area contributed by atoms with Gasteiger partial charge in [-0.3, -0.25) is 0 Å². The van der Waals surface area contributed by atoms with Crippen LogP contribution in [0, 0.1) is 12.3 Å². The molecule has 0 amide bonds. The molecule has 2 aromatic rings. The van der Waals surface area contributed by atoms with Crippen molar-refractivity contribution in [3.8, 4) is 12.3 Å². The largest absolute Gasteiger partial charge is 0.399 e. The predicted molar refractivity (Wildman–Crippen MR) is 55.2 cm³/mol. The van der Waals surface area contributed by atoms with Gasteiger partial charge in [-0.25, -0.2) is 0 Å². The Labute approximate surface area is 77.0 Å². The Kier molecular flexibility index (Phi) is 1.71. The third-order valence-corrected chi connectivity index (χ3v) is 2.06. The Bertz CT molecular complexity index is 474. The van der Waals surface area contributed by atoms with Crippen molar-refractivity contribution in [1.82, 2.24) is 4.57 Å². The molecule has 0 unspecified atom stereocenters. The lowest BCUT2D eigenvalue weighted by molar-refractivity contribution is 0.887. The number of terminal acetylenes is 1. The average molecular weight is 170 g/mol. The van der Waals surface area contributed by atoms with Gasteiger partial charge >= 0.3 is 0 Å². The van der Waals surface area contributed by atoms with Gasteiger partial charge in [0.15, 0.2) is 0 Å². The monoisotopic (exact) mass is 170 g/mol. The van der Waals surface area contributed by atoms with Crippen molar-refractivity contribution >= 4 is 16.6 Å². The summed E-state index contributed by atoms with van der Waals surface area (Å²) in [6.07, 6.45) is 7.22. The van der Waals surface area contributed by atoms with Gasteiger partial charge in [0.25, 0.3) is 0 Å². The third kappa shape index (κ3) is 1.25. The van der Waals surface area contributed by atoms with E-state index in [1.54, 1.807) is 0 Å². The molecule has 0 saturated carbocycles. The van der Waals surface area contributed by atoms with E-state index in [1.165, 1.54) is 0 Å². The molecule has 0 saturated heterocycles. The first-order valence-corrected chi connectivity index (χ1v) is 4.09. The minimum Gasteiger partial charge on any atom is -0.399 e. The van der Waals surface area contributed by atoms with E-state index >= 15 is 0 Å². The SMILES string of the molecule is C#CCn1ccc2cc(N)ccc21. The molecule has 0 fully saturated rings. The van der Waals surface area contributed by atoms with Crippen molar-refractivity contribution in [2.45, 2.75) is 6.54 Å². The highest BCUT2D eigenvalue weighted by Gasteiger charge is 1.98. The van der Waals surface area contributed by atoms with Crippen LogP contribution < -0.4 is 5.73 Å². The van der Waals surface area contributed by atoms with Gasteiger partial charge in [-0.2, -0.15) is 0 Å². The molecule has 2 N–H and O–H groups in total. The van der Waals surface area contributed by atoms with Crippen molar-refractivity contribution in [1.29, 1.82) is 0 Å². The molecule has 2 rings (SSSR count). The summed E-state index contributed by atoms with van der Waals surface area (Å²) in [7, 11) is 0. The highest BCUT2D eigenvalue weighted by atomic mass is 14.9. The normalized spacial score (nSPS) is 10.1. The van der Waals surface area contributed by atoms with Crippen molar-refractivity contribution in [2.75, 3.05) is 5.73 Å². The number of hydrogen-bond donors (Lipinski definition) is 1. The van der Waals surface area contributed by atoms with Gasteiger partial charge < -0.3 is 10.3 Å². The van der Waals surface area contributed by atoms with E-state index in [1.807, 2.05) is 35.0 Å². The van der Waals surface area contributed by atoms with E-state index in [0.717, 1.165) is 16.6 Å². The van der Waals surface area contributed by atoms with Crippen LogP contribution >= 0.6 is 0 Å². The van der Waals surface area contributed by atoms with Crippen LogP contribution in [0.4, 0.5) is 5.69 Å². The smallest absolute Gasteiger partial charge is 0.0834 e. The van der Waals surface area contributed by atoms with Gasteiger partial charge in [0.1, 0.15) is 0 Å². The topological polar surface area (TPSA) is 30.9 Å². The molecule has 1 heterocycles. The molecule has 1 aromatic heterocycles. The standard InChI is InChI=1S/C11H10N2/c1-2-6-13-7-5-9-8-10(12)3-4-11(9)13/h1,3-5,7-8H,6,12H2. The molecule has 13 heavy (non-hydrogen) atoms. The molecular weight excluding hydrogens is 160 g/mol. The summed E-state index contributed by atoms with van der Waals surface area (Å²) in [5.41, 5.74) is 7.57. The Hall–Kier alpha value is -1.88. The lowest BCUT2D eigenvalue weighted by Gasteiger charge is -1.99. The van der Waals surface area contributed by atoms with Crippen molar-refractivity contribution in [2.24, 2.45) is 0 Å². The molecule has 0 spiro atoms. The van der Waals surface area contributed by atoms with E-state index in [-0.39, 0.29) is 0 Å². The summed E-state index contributed by atoms with van der Waals surface area (Å²) in [5.74, 6) is 2.61. The molecule has 2 heteroatoms. The molecule has 0 radical (unpaired) electrons. The van der Waals surface area contributed by atoms with Gasteiger partial charge in [-0.1, -0.05) is 5.92 Å². The fourth-order valence-corrected chi connectivity index (χ4v) is 1.45. The van der Waals surface area contributed by atoms with Crippen LogP contribution in [-0.4, -0.2) is 4.57 Å². The molecule has 0 aliphatic rings. The molecule has 0 atom stereocenters. The van der Waals surface area contributed by atoms with Crippen molar-refractivity contribution < 1.29 is 0 Å². The van der Waals surface area contributed by atoms with Gasteiger partial charge in [-0.05, 0) is 24.3 Å². The van der Waals surface area contributed by atoms with Crippen LogP contribution in [0.25, 0.3) is 10.9 Å². The summed E-state index contributed by atoms with van der Waals surface area (Å²) in [6.45, 7) is 0.605. The number of benzene rings is 1. The van der Waals surface area contributed by atoms with Gasteiger partial charge in [-0.15, -0.1) is 6.42 Å². The van der Waals surface area contributed by atoms with Gasteiger partial charge in [0, 0.05) is 22.8 Å². The first kappa shape index (κ1) is 7.75. The van der Waals surface area contributed by atoms with Crippen LogP contribution in [0.3, 0.4) is 0 Å². The van der Waals surface area contributed by atoms with Crippen LogP contribution in [0.2, 0.25) is 0 Å². The molecule has 0 aliphatic carbocycles. The van der Waals surface area contributed by atoms with E-state index < -0.39 is 0 Å². The molecule has 0 bridgehead atoms. The zero-order chi connectivity index (χ0) is 9.26. The Morgan fingerprint density at radius 2 is 2.23 bits per heavy atom. The summed E-state index contributed by atoms with van der Waals surface area (Å²) >= 11 is 0. The maximum absolute atomic E-state index is 5.66. The molecule has 2 nitrogen and oxygen atoms in total. The quantitative estimate of drug-likeness (QED) is 0.514. The van der Waals surface area contributed by atoms with Crippen molar-refractivity contribution in [3.05, 3.63) is 30.5 Å². The molecular formula is C11H10N2. The Morgan fingerprint density at radius 1 is 1.38 bits per heavy atom. The lowest BCUT2D eigenvalue weighted by atomic mass is 10.2. The minimum atomic E-state index is 0.605. The first-order chi connectivity index (χ1) is 6.31. The number of nitrogens with zero attached hydrogens (tertiary/aromatic N) is 1. The maximum atomic E-state index is 5.66. The minimum absolute atomic E-state index is 0.605. The second kappa shape index (κ2) is 2.87. The average Bonchev–Trinajstić information content (AvgIpc) is 2.49. The summed E-state index contributed by atoms with van der Waals surface area (Å²) < 4.78 is 2.02. The molecule has 0 aliphatic heterocycles. The number of hydrogen-bond acceptors (Lipinski definition) is 1. The Morgan fingerprint density at radius 3 is 3.00 bits per heavy atom. The summed E-state index contributed by atoms with van der Waals surface area (Å²) in [4.78, 5) is 0. The van der Waals surface area contributed by atoms with Gasteiger partial charge in [0.2, 0.25) is 0 Å². The third-order valence-electron chi connectivity index (χ3n) is 2.06. The summed E-state index contributed by atoms with van der Waals surface area (Å²) in [6, 6.07) is 7.84. The second-order valence-corrected chi connectivity index (χ2v) is 2.97. The van der Waals surface area contributed by atoms with Crippen LogP contribution in [0.1, 0.15) is 0 Å². The zero-order valence-electron chi connectivity index (χ0n) is 7.20.